The Labute approximate surface area is 196 Å². The van der Waals surface area contributed by atoms with Crippen molar-refractivity contribution in [2.75, 3.05) is 56.7 Å². The number of ether oxygens (including phenoxy) is 1. The van der Waals surface area contributed by atoms with Crippen molar-refractivity contribution in [2.45, 2.75) is 6.42 Å². The van der Waals surface area contributed by atoms with E-state index in [4.69, 9.17) is 16.3 Å². The smallest absolute Gasteiger partial charge is 0.252 e. The molecule has 1 saturated heterocycles. The summed E-state index contributed by atoms with van der Waals surface area (Å²) in [5.41, 5.74) is 1.83. The van der Waals surface area contributed by atoms with Crippen LogP contribution in [0.2, 0.25) is 5.02 Å². The van der Waals surface area contributed by atoms with Crippen LogP contribution in [0.1, 0.15) is 16.8 Å². The summed E-state index contributed by atoms with van der Waals surface area (Å²) < 4.78 is 18.4. The summed E-state index contributed by atoms with van der Waals surface area (Å²) >= 11 is 5.86. The number of carbonyl (C=O) groups is 3. The van der Waals surface area contributed by atoms with Gasteiger partial charge in [-0.25, -0.2) is 4.39 Å². The molecule has 8 nitrogen and oxygen atoms in total. The minimum absolute atomic E-state index is 0.00256. The molecular weight excluding hydrogens is 451 g/mol. The van der Waals surface area contributed by atoms with Crippen LogP contribution in [0.5, 0.6) is 0 Å². The van der Waals surface area contributed by atoms with Crippen molar-refractivity contribution in [1.29, 1.82) is 0 Å². The lowest BCUT2D eigenvalue weighted by Crippen LogP contribution is -2.37. The third-order valence-corrected chi connectivity index (χ3v) is 5.45. The molecule has 0 atom stereocenters. The van der Waals surface area contributed by atoms with Crippen LogP contribution in [0.4, 0.5) is 15.8 Å². The van der Waals surface area contributed by atoms with Crippen LogP contribution in [0, 0.1) is 5.82 Å². The molecule has 10 heteroatoms. The largest absolute Gasteiger partial charge is 0.378 e. The topological polar surface area (TPSA) is 91.0 Å². The number of morpholine rings is 1. The van der Waals surface area contributed by atoms with E-state index in [0.29, 0.717) is 18.9 Å². The third-order valence-electron chi connectivity index (χ3n) is 5.13. The third kappa shape index (κ3) is 7.16. The molecule has 33 heavy (non-hydrogen) atoms. The predicted molar refractivity (Wildman–Crippen MR) is 124 cm³/mol. The first kappa shape index (κ1) is 24.5. The van der Waals surface area contributed by atoms with E-state index in [0.717, 1.165) is 30.9 Å². The first-order valence-electron chi connectivity index (χ1n) is 10.5. The number of nitrogens with one attached hydrogen (secondary N) is 2. The molecule has 1 heterocycles. The van der Waals surface area contributed by atoms with E-state index in [1.54, 1.807) is 0 Å². The Bertz CT molecular complexity index is 996. The van der Waals surface area contributed by atoms with Crippen LogP contribution in [0.3, 0.4) is 0 Å². The second kappa shape index (κ2) is 11.6. The van der Waals surface area contributed by atoms with Crippen LogP contribution in [0.25, 0.3) is 0 Å². The summed E-state index contributed by atoms with van der Waals surface area (Å²) in [6, 6.07) is 11.0. The van der Waals surface area contributed by atoms with E-state index in [2.05, 4.69) is 15.5 Å². The number of nitrogens with zero attached hydrogens (tertiary/aromatic N) is 2. The zero-order chi connectivity index (χ0) is 23.8. The first-order chi connectivity index (χ1) is 15.8. The number of hydrogen-bond donors (Lipinski definition) is 2. The van der Waals surface area contributed by atoms with Crippen molar-refractivity contribution in [3.63, 3.8) is 0 Å². The summed E-state index contributed by atoms with van der Waals surface area (Å²) in [5.74, 6) is -1.68. The predicted octanol–water partition coefficient (Wildman–Crippen LogP) is 2.53. The molecular formula is C23H26ClFN4O4. The van der Waals surface area contributed by atoms with E-state index < -0.39 is 11.7 Å². The lowest BCUT2D eigenvalue weighted by Gasteiger charge is -2.28. The number of amides is 3. The summed E-state index contributed by atoms with van der Waals surface area (Å²) in [6.45, 7) is 2.99. The Hall–Kier alpha value is -3.17. The van der Waals surface area contributed by atoms with Gasteiger partial charge in [0.1, 0.15) is 5.82 Å². The fourth-order valence-electron chi connectivity index (χ4n) is 3.32. The van der Waals surface area contributed by atoms with Gasteiger partial charge in [-0.1, -0.05) is 11.6 Å². The molecule has 0 aromatic heterocycles. The molecule has 0 bridgehead atoms. The van der Waals surface area contributed by atoms with Gasteiger partial charge in [-0.15, -0.1) is 0 Å². The molecule has 1 aliphatic heterocycles. The van der Waals surface area contributed by atoms with Gasteiger partial charge in [0, 0.05) is 44.5 Å². The van der Waals surface area contributed by atoms with Crippen molar-refractivity contribution < 1.29 is 23.5 Å². The number of benzene rings is 2. The molecule has 0 spiro atoms. The summed E-state index contributed by atoms with van der Waals surface area (Å²) in [5, 5.41) is 5.33. The number of likely N-dealkylation sites (N-methyl/N-ethyl adjacent to an activating group) is 1. The number of carbonyl (C=O) groups excluding carboxylic acids is 3. The molecule has 2 aromatic rings. The molecule has 1 aliphatic rings. The summed E-state index contributed by atoms with van der Waals surface area (Å²) in [4.78, 5) is 40.2. The summed E-state index contributed by atoms with van der Waals surface area (Å²) in [6.07, 6.45) is 0.00256. The Balaban J connectivity index is 1.40. The minimum atomic E-state index is -0.542. The quantitative estimate of drug-likeness (QED) is 0.611. The first-order valence-corrected chi connectivity index (χ1v) is 10.9. The van der Waals surface area contributed by atoms with Crippen molar-refractivity contribution in [1.82, 2.24) is 10.2 Å². The minimum Gasteiger partial charge on any atom is -0.378 e. The lowest BCUT2D eigenvalue weighted by atomic mass is 10.2. The van der Waals surface area contributed by atoms with Crippen LogP contribution in [0.15, 0.2) is 42.5 Å². The average molecular weight is 477 g/mol. The van der Waals surface area contributed by atoms with Crippen molar-refractivity contribution in [2.24, 2.45) is 0 Å². The number of anilines is 2. The fraction of sp³-hybridized carbons (Fsp3) is 0.348. The van der Waals surface area contributed by atoms with Gasteiger partial charge in [0.2, 0.25) is 11.8 Å². The fourth-order valence-corrected chi connectivity index (χ4v) is 3.58. The highest BCUT2D eigenvalue weighted by molar-refractivity contribution is 6.33. The molecule has 0 radical (unpaired) electrons. The maximum atomic E-state index is 13.1. The zero-order valence-corrected chi connectivity index (χ0v) is 19.0. The van der Waals surface area contributed by atoms with E-state index >= 15 is 0 Å². The SMILES string of the molecule is CN(CC(=O)Nc1ccc(N2CCOCC2)cc1)C(=O)CCNC(=O)c1ccc(F)cc1Cl. The highest BCUT2D eigenvalue weighted by atomic mass is 35.5. The Morgan fingerprint density at radius 2 is 1.82 bits per heavy atom. The Kier molecular flexibility index (Phi) is 8.62. The molecule has 0 aliphatic carbocycles. The van der Waals surface area contributed by atoms with E-state index in [1.165, 1.54) is 18.0 Å². The van der Waals surface area contributed by atoms with Gasteiger partial charge in [-0.2, -0.15) is 0 Å². The summed E-state index contributed by atoms with van der Waals surface area (Å²) in [7, 11) is 1.52. The zero-order valence-electron chi connectivity index (χ0n) is 18.3. The monoisotopic (exact) mass is 476 g/mol. The molecule has 176 valence electrons. The number of halogens is 2. The van der Waals surface area contributed by atoms with Gasteiger partial charge in [0.05, 0.1) is 30.3 Å². The van der Waals surface area contributed by atoms with Gasteiger partial charge in [0.25, 0.3) is 5.91 Å². The van der Waals surface area contributed by atoms with Gasteiger partial charge in [-0.05, 0) is 42.5 Å². The van der Waals surface area contributed by atoms with Crippen molar-refractivity contribution in [3.05, 3.63) is 58.9 Å². The van der Waals surface area contributed by atoms with Gasteiger partial charge in [0.15, 0.2) is 0 Å². The van der Waals surface area contributed by atoms with Crippen LogP contribution in [-0.2, 0) is 14.3 Å². The molecule has 2 N–H and O–H groups in total. The Morgan fingerprint density at radius 1 is 1.12 bits per heavy atom. The normalized spacial score (nSPS) is 13.4. The van der Waals surface area contributed by atoms with Crippen LogP contribution < -0.4 is 15.5 Å². The van der Waals surface area contributed by atoms with Gasteiger partial charge >= 0.3 is 0 Å². The van der Waals surface area contributed by atoms with E-state index in [9.17, 15) is 18.8 Å². The number of hydrogen-bond acceptors (Lipinski definition) is 5. The lowest BCUT2D eigenvalue weighted by molar-refractivity contribution is -0.133. The van der Waals surface area contributed by atoms with E-state index in [1.807, 2.05) is 24.3 Å². The Morgan fingerprint density at radius 3 is 2.48 bits per heavy atom. The highest BCUT2D eigenvalue weighted by Gasteiger charge is 2.16. The average Bonchev–Trinajstić information content (AvgIpc) is 2.79. The maximum Gasteiger partial charge on any atom is 0.252 e. The molecule has 2 aromatic carbocycles. The van der Waals surface area contributed by atoms with Crippen molar-refractivity contribution >= 4 is 40.7 Å². The molecule has 3 amide bonds. The second-order valence-corrected chi connectivity index (χ2v) is 7.98. The number of rotatable bonds is 8. The van der Waals surface area contributed by atoms with E-state index in [-0.39, 0.29) is 41.9 Å². The van der Waals surface area contributed by atoms with Crippen LogP contribution >= 0.6 is 11.6 Å². The molecule has 3 rings (SSSR count). The molecule has 0 saturated carbocycles. The molecule has 0 unspecified atom stereocenters. The standard InChI is InChI=1S/C23H26ClFN4O4/c1-28(22(31)8-9-26-23(32)19-7-2-16(25)14-20(19)24)15-21(30)27-17-3-5-18(6-4-17)29-10-12-33-13-11-29/h2-7,14H,8-13,15H2,1H3,(H,26,32)(H,27,30). The molecule has 1 fully saturated rings. The highest BCUT2D eigenvalue weighted by Crippen LogP contribution is 2.19. The van der Waals surface area contributed by atoms with Crippen molar-refractivity contribution in [3.8, 4) is 0 Å². The van der Waals surface area contributed by atoms with Gasteiger partial charge in [-0.3, -0.25) is 14.4 Å². The van der Waals surface area contributed by atoms with Crippen LogP contribution in [-0.4, -0.2) is 69.1 Å². The van der Waals surface area contributed by atoms with Gasteiger partial charge < -0.3 is 25.2 Å². The second-order valence-electron chi connectivity index (χ2n) is 7.57. The maximum absolute atomic E-state index is 13.1.